The quantitative estimate of drug-likeness (QED) is 0.913. The Morgan fingerprint density at radius 1 is 1.24 bits per heavy atom. The summed E-state index contributed by atoms with van der Waals surface area (Å²) in [5.41, 5.74) is 2.35. The van der Waals surface area contributed by atoms with Crippen molar-refractivity contribution in [3.8, 4) is 0 Å². The standard InChI is InChI=1S/C20H27N3O2/c24-19-8-4-11-22(19)12-9-16-14-23(18-7-2-1-6-17(16)18)20(25)15-5-3-10-21-13-15/h1-2,6-7,15-16,21H,3-5,8-14H2/t15-,16+/m1/s1. The molecule has 5 nitrogen and oxygen atoms in total. The van der Waals surface area contributed by atoms with Crippen molar-refractivity contribution in [2.24, 2.45) is 5.92 Å². The minimum Gasteiger partial charge on any atom is -0.343 e. The normalized spacial score (nSPS) is 26.2. The summed E-state index contributed by atoms with van der Waals surface area (Å²) in [6, 6.07) is 8.30. The minimum atomic E-state index is 0.0979. The highest BCUT2D eigenvalue weighted by Gasteiger charge is 2.36. The first kappa shape index (κ1) is 16.6. The molecule has 3 heterocycles. The molecule has 2 amide bonds. The zero-order chi connectivity index (χ0) is 17.2. The molecule has 134 valence electrons. The number of hydrogen-bond donors (Lipinski definition) is 1. The Hall–Kier alpha value is -1.88. The van der Waals surface area contributed by atoms with Crippen LogP contribution in [0, 0.1) is 5.92 Å². The molecular formula is C20H27N3O2. The van der Waals surface area contributed by atoms with E-state index in [0.29, 0.717) is 12.3 Å². The minimum absolute atomic E-state index is 0.0979. The third kappa shape index (κ3) is 3.30. The first-order valence-electron chi connectivity index (χ1n) is 9.63. The smallest absolute Gasteiger partial charge is 0.231 e. The number of carbonyl (C=O) groups excluding carboxylic acids is 2. The number of likely N-dealkylation sites (tertiary alicyclic amines) is 1. The van der Waals surface area contributed by atoms with Gasteiger partial charge in [0, 0.05) is 44.2 Å². The predicted molar refractivity (Wildman–Crippen MR) is 97.6 cm³/mol. The maximum absolute atomic E-state index is 13.0. The lowest BCUT2D eigenvalue weighted by Gasteiger charge is -2.27. The molecule has 0 unspecified atom stereocenters. The van der Waals surface area contributed by atoms with Crippen LogP contribution in [0.3, 0.4) is 0 Å². The van der Waals surface area contributed by atoms with E-state index in [-0.39, 0.29) is 17.7 Å². The molecule has 2 fully saturated rings. The van der Waals surface area contributed by atoms with Gasteiger partial charge in [0.2, 0.25) is 11.8 Å². The number of para-hydroxylation sites is 1. The summed E-state index contributed by atoms with van der Waals surface area (Å²) < 4.78 is 0. The van der Waals surface area contributed by atoms with Crippen molar-refractivity contribution >= 4 is 17.5 Å². The van der Waals surface area contributed by atoms with Crippen LogP contribution in [-0.4, -0.2) is 49.4 Å². The number of amides is 2. The molecule has 2 saturated heterocycles. The van der Waals surface area contributed by atoms with Crippen LogP contribution in [0.1, 0.15) is 43.6 Å². The summed E-state index contributed by atoms with van der Waals surface area (Å²) in [6.45, 7) is 4.28. The van der Waals surface area contributed by atoms with Gasteiger partial charge in [0.1, 0.15) is 0 Å². The Morgan fingerprint density at radius 2 is 2.12 bits per heavy atom. The zero-order valence-electron chi connectivity index (χ0n) is 14.7. The summed E-state index contributed by atoms with van der Waals surface area (Å²) in [7, 11) is 0. The number of benzene rings is 1. The van der Waals surface area contributed by atoms with E-state index >= 15 is 0 Å². The van der Waals surface area contributed by atoms with E-state index < -0.39 is 0 Å². The van der Waals surface area contributed by atoms with Crippen molar-refractivity contribution < 1.29 is 9.59 Å². The van der Waals surface area contributed by atoms with E-state index in [9.17, 15) is 9.59 Å². The predicted octanol–water partition coefficient (Wildman–Crippen LogP) is 2.13. The molecule has 3 aliphatic heterocycles. The molecule has 0 aliphatic carbocycles. The van der Waals surface area contributed by atoms with Crippen LogP contribution in [0.25, 0.3) is 0 Å². The van der Waals surface area contributed by atoms with Crippen molar-refractivity contribution in [3.05, 3.63) is 29.8 Å². The fraction of sp³-hybridized carbons (Fsp3) is 0.600. The molecule has 0 radical (unpaired) electrons. The molecule has 0 spiro atoms. The van der Waals surface area contributed by atoms with E-state index in [4.69, 9.17) is 0 Å². The molecule has 1 N–H and O–H groups in total. The lowest BCUT2D eigenvalue weighted by atomic mass is 9.97. The molecule has 0 bridgehead atoms. The van der Waals surface area contributed by atoms with E-state index in [1.165, 1.54) is 5.56 Å². The van der Waals surface area contributed by atoms with Crippen LogP contribution in [0.2, 0.25) is 0 Å². The van der Waals surface area contributed by atoms with Crippen molar-refractivity contribution in [2.45, 2.75) is 38.0 Å². The zero-order valence-corrected chi connectivity index (χ0v) is 14.7. The molecule has 25 heavy (non-hydrogen) atoms. The summed E-state index contributed by atoms with van der Waals surface area (Å²) >= 11 is 0. The average Bonchev–Trinajstić information content (AvgIpc) is 3.23. The Labute approximate surface area is 149 Å². The number of anilines is 1. The van der Waals surface area contributed by atoms with Gasteiger partial charge in [0.05, 0.1) is 5.92 Å². The van der Waals surface area contributed by atoms with Crippen LogP contribution in [0.4, 0.5) is 5.69 Å². The largest absolute Gasteiger partial charge is 0.343 e. The van der Waals surface area contributed by atoms with Crippen molar-refractivity contribution in [3.63, 3.8) is 0 Å². The molecule has 4 rings (SSSR count). The van der Waals surface area contributed by atoms with Gasteiger partial charge in [-0.3, -0.25) is 9.59 Å². The van der Waals surface area contributed by atoms with Gasteiger partial charge in [0.15, 0.2) is 0 Å². The van der Waals surface area contributed by atoms with Crippen LogP contribution in [0.15, 0.2) is 24.3 Å². The summed E-state index contributed by atoms with van der Waals surface area (Å²) in [6.07, 6.45) is 4.68. The van der Waals surface area contributed by atoms with Gasteiger partial charge >= 0.3 is 0 Å². The first-order valence-corrected chi connectivity index (χ1v) is 9.63. The van der Waals surface area contributed by atoms with Gasteiger partial charge in [-0.1, -0.05) is 18.2 Å². The van der Waals surface area contributed by atoms with Gasteiger partial charge in [-0.2, -0.15) is 0 Å². The second-order valence-electron chi connectivity index (χ2n) is 7.52. The Kier molecular flexibility index (Phi) is 4.75. The van der Waals surface area contributed by atoms with E-state index in [1.807, 2.05) is 15.9 Å². The number of fused-ring (bicyclic) bond motifs is 1. The highest BCUT2D eigenvalue weighted by atomic mass is 16.2. The van der Waals surface area contributed by atoms with E-state index in [1.54, 1.807) is 0 Å². The SMILES string of the molecule is O=C1CCCN1CC[C@H]1CN(C(=O)[C@@H]2CCCNC2)c2ccccc21. The third-order valence-electron chi connectivity index (χ3n) is 5.90. The highest BCUT2D eigenvalue weighted by Crippen LogP contribution is 2.39. The molecule has 0 saturated carbocycles. The monoisotopic (exact) mass is 341 g/mol. The van der Waals surface area contributed by atoms with Gasteiger partial charge in [-0.15, -0.1) is 0 Å². The summed E-state index contributed by atoms with van der Waals surface area (Å²) in [5.74, 6) is 0.984. The molecule has 1 aromatic carbocycles. The lowest BCUT2D eigenvalue weighted by molar-refractivity contribution is -0.128. The van der Waals surface area contributed by atoms with Crippen LogP contribution in [0.5, 0.6) is 0 Å². The topological polar surface area (TPSA) is 52.7 Å². The highest BCUT2D eigenvalue weighted by molar-refractivity contribution is 5.97. The fourth-order valence-electron chi connectivity index (χ4n) is 4.49. The van der Waals surface area contributed by atoms with E-state index in [0.717, 1.165) is 64.1 Å². The Balaban J connectivity index is 1.47. The average molecular weight is 341 g/mol. The number of nitrogens with zero attached hydrogens (tertiary/aromatic N) is 2. The third-order valence-corrected chi connectivity index (χ3v) is 5.90. The number of rotatable bonds is 4. The number of hydrogen-bond acceptors (Lipinski definition) is 3. The number of piperidine rings is 1. The number of carbonyl (C=O) groups is 2. The second-order valence-corrected chi connectivity index (χ2v) is 7.52. The van der Waals surface area contributed by atoms with Crippen molar-refractivity contribution in [1.82, 2.24) is 10.2 Å². The lowest BCUT2D eigenvalue weighted by Crippen LogP contribution is -2.42. The fourth-order valence-corrected chi connectivity index (χ4v) is 4.49. The van der Waals surface area contributed by atoms with Crippen LogP contribution < -0.4 is 10.2 Å². The van der Waals surface area contributed by atoms with Gasteiger partial charge in [0.25, 0.3) is 0 Å². The summed E-state index contributed by atoms with van der Waals surface area (Å²) in [4.78, 5) is 28.9. The van der Waals surface area contributed by atoms with Crippen LogP contribution >= 0.6 is 0 Å². The first-order chi connectivity index (χ1) is 12.2. The Morgan fingerprint density at radius 3 is 2.88 bits per heavy atom. The maximum atomic E-state index is 13.0. The van der Waals surface area contributed by atoms with Gasteiger partial charge < -0.3 is 15.1 Å². The van der Waals surface area contributed by atoms with Gasteiger partial charge in [-0.05, 0) is 43.9 Å². The molecular weight excluding hydrogens is 314 g/mol. The van der Waals surface area contributed by atoms with Gasteiger partial charge in [-0.25, -0.2) is 0 Å². The molecule has 1 aromatic rings. The molecule has 5 heteroatoms. The Bertz CT molecular complexity index is 654. The van der Waals surface area contributed by atoms with Crippen molar-refractivity contribution in [1.29, 1.82) is 0 Å². The maximum Gasteiger partial charge on any atom is 0.231 e. The van der Waals surface area contributed by atoms with Crippen molar-refractivity contribution in [2.75, 3.05) is 37.6 Å². The molecule has 0 aromatic heterocycles. The van der Waals surface area contributed by atoms with E-state index in [2.05, 4.69) is 23.5 Å². The number of nitrogens with one attached hydrogen (secondary N) is 1. The molecule has 3 aliphatic rings. The molecule has 2 atom stereocenters. The van der Waals surface area contributed by atoms with Crippen LogP contribution in [-0.2, 0) is 9.59 Å². The summed E-state index contributed by atoms with van der Waals surface area (Å²) in [5, 5.41) is 3.35. The second kappa shape index (κ2) is 7.16.